The van der Waals surface area contributed by atoms with Gasteiger partial charge in [0.1, 0.15) is 13.2 Å². The molecule has 0 atom stereocenters. The molecule has 0 aliphatic carbocycles. The number of benzene rings is 1. The van der Waals surface area contributed by atoms with Gasteiger partial charge in [0, 0.05) is 30.9 Å². The van der Waals surface area contributed by atoms with Crippen molar-refractivity contribution in [1.29, 1.82) is 0 Å². The molecule has 138 valence electrons. The minimum atomic E-state index is -0.257. The third-order valence-electron chi connectivity index (χ3n) is 4.27. The van der Waals surface area contributed by atoms with Crippen LogP contribution in [0.4, 0.5) is 0 Å². The maximum Gasteiger partial charge on any atom is 0.273 e. The zero-order valence-electron chi connectivity index (χ0n) is 14.9. The van der Waals surface area contributed by atoms with Crippen LogP contribution in [0.1, 0.15) is 21.9 Å². The molecule has 1 amide bonds. The van der Waals surface area contributed by atoms with Gasteiger partial charge in [-0.1, -0.05) is 11.3 Å². The maximum absolute atomic E-state index is 12.4. The van der Waals surface area contributed by atoms with Crippen LogP contribution >= 0.6 is 0 Å². The van der Waals surface area contributed by atoms with Crippen LogP contribution in [0, 0.1) is 6.92 Å². The van der Waals surface area contributed by atoms with Gasteiger partial charge >= 0.3 is 0 Å². The summed E-state index contributed by atoms with van der Waals surface area (Å²) in [7, 11) is 0. The molecule has 0 spiro atoms. The first-order chi connectivity index (χ1) is 13.2. The summed E-state index contributed by atoms with van der Waals surface area (Å²) in [6, 6.07) is 11.2. The molecule has 3 aromatic rings. The van der Waals surface area contributed by atoms with E-state index < -0.39 is 0 Å². The number of aromatic nitrogens is 4. The number of hydrogen-bond donors (Lipinski definition) is 1. The molecule has 1 aromatic carbocycles. The molecule has 0 saturated carbocycles. The predicted octanol–water partition coefficient (Wildman–Crippen LogP) is 1.71. The molecule has 1 N–H and O–H groups in total. The fourth-order valence-electron chi connectivity index (χ4n) is 2.88. The summed E-state index contributed by atoms with van der Waals surface area (Å²) in [5.74, 6) is 1.11. The topological polar surface area (TPSA) is 91.2 Å². The number of ether oxygens (including phenoxy) is 2. The molecular formula is C19H19N5O3. The molecule has 1 aliphatic heterocycles. The van der Waals surface area contributed by atoms with Crippen LogP contribution in [0.3, 0.4) is 0 Å². The van der Waals surface area contributed by atoms with E-state index in [0.717, 1.165) is 11.4 Å². The van der Waals surface area contributed by atoms with Crippen molar-refractivity contribution < 1.29 is 14.3 Å². The molecule has 4 rings (SSSR count). The van der Waals surface area contributed by atoms with Crippen molar-refractivity contribution in [2.75, 3.05) is 19.8 Å². The van der Waals surface area contributed by atoms with E-state index in [-0.39, 0.29) is 5.91 Å². The second-order valence-corrected chi connectivity index (χ2v) is 6.09. The molecule has 3 heterocycles. The van der Waals surface area contributed by atoms with Gasteiger partial charge in [-0.15, -0.1) is 5.10 Å². The summed E-state index contributed by atoms with van der Waals surface area (Å²) in [4.78, 5) is 16.7. The zero-order valence-corrected chi connectivity index (χ0v) is 14.9. The van der Waals surface area contributed by atoms with Crippen LogP contribution in [0.5, 0.6) is 11.5 Å². The van der Waals surface area contributed by atoms with Gasteiger partial charge in [-0.25, -0.2) is 4.68 Å². The molecule has 2 aromatic heterocycles. The predicted molar refractivity (Wildman–Crippen MR) is 97.4 cm³/mol. The summed E-state index contributed by atoms with van der Waals surface area (Å²) >= 11 is 0. The second kappa shape index (κ2) is 7.45. The average molecular weight is 365 g/mol. The van der Waals surface area contributed by atoms with Crippen LogP contribution < -0.4 is 14.8 Å². The Hall–Kier alpha value is -3.42. The van der Waals surface area contributed by atoms with E-state index in [1.807, 2.05) is 43.3 Å². The smallest absolute Gasteiger partial charge is 0.273 e. The Kier molecular flexibility index (Phi) is 4.69. The Morgan fingerprint density at radius 1 is 1.19 bits per heavy atom. The third-order valence-corrected chi connectivity index (χ3v) is 4.27. The molecule has 1 aliphatic rings. The molecule has 0 radical (unpaired) electrons. The summed E-state index contributed by atoms with van der Waals surface area (Å²) in [6.07, 6.45) is 2.39. The molecule has 0 fully saturated rings. The monoisotopic (exact) mass is 365 g/mol. The van der Waals surface area contributed by atoms with Crippen molar-refractivity contribution in [2.45, 2.75) is 13.3 Å². The van der Waals surface area contributed by atoms with Gasteiger partial charge in [0.05, 0.1) is 11.4 Å². The molecular weight excluding hydrogens is 346 g/mol. The number of pyridine rings is 1. The van der Waals surface area contributed by atoms with Gasteiger partial charge in [0.2, 0.25) is 0 Å². The number of rotatable bonds is 5. The number of carbonyl (C=O) groups is 1. The van der Waals surface area contributed by atoms with E-state index in [1.165, 1.54) is 0 Å². The number of fused-ring (bicyclic) bond motifs is 1. The molecule has 8 heteroatoms. The van der Waals surface area contributed by atoms with Crippen molar-refractivity contribution in [2.24, 2.45) is 0 Å². The van der Waals surface area contributed by atoms with Crippen molar-refractivity contribution >= 4 is 5.91 Å². The van der Waals surface area contributed by atoms with Gasteiger partial charge < -0.3 is 14.8 Å². The average Bonchev–Trinajstić information content (AvgIpc) is 3.10. The summed E-state index contributed by atoms with van der Waals surface area (Å²) in [5.41, 5.74) is 2.64. The second-order valence-electron chi connectivity index (χ2n) is 6.09. The summed E-state index contributed by atoms with van der Waals surface area (Å²) in [5, 5.41) is 11.0. The summed E-state index contributed by atoms with van der Waals surface area (Å²) in [6.45, 7) is 3.34. The number of nitrogens with zero attached hydrogens (tertiary/aromatic N) is 4. The molecule has 0 saturated heterocycles. The quantitative estimate of drug-likeness (QED) is 0.740. The number of amides is 1. The molecule has 0 unspecified atom stereocenters. The van der Waals surface area contributed by atoms with Gasteiger partial charge in [-0.2, -0.15) is 0 Å². The van der Waals surface area contributed by atoms with Gasteiger partial charge in [-0.05, 0) is 31.2 Å². The van der Waals surface area contributed by atoms with Crippen molar-refractivity contribution in [1.82, 2.24) is 25.3 Å². The largest absolute Gasteiger partial charge is 0.486 e. The van der Waals surface area contributed by atoms with Crippen LogP contribution in [0.15, 0.2) is 42.6 Å². The SMILES string of the molecule is Cc1c(C(=O)NCCc2ccccn2)nnn1-c1ccc2c(c1)OCCO2. The Balaban J connectivity index is 1.46. The lowest BCUT2D eigenvalue weighted by molar-refractivity contribution is 0.0948. The fourth-order valence-corrected chi connectivity index (χ4v) is 2.88. The number of carbonyl (C=O) groups excluding carboxylic acids is 1. The van der Waals surface area contributed by atoms with E-state index in [4.69, 9.17) is 9.47 Å². The number of nitrogens with one attached hydrogen (secondary N) is 1. The third kappa shape index (κ3) is 3.59. The Morgan fingerprint density at radius 2 is 2.04 bits per heavy atom. The van der Waals surface area contributed by atoms with Crippen molar-refractivity contribution in [3.05, 3.63) is 59.7 Å². The Labute approximate surface area is 156 Å². The lowest BCUT2D eigenvalue weighted by Gasteiger charge is -2.18. The highest BCUT2D eigenvalue weighted by molar-refractivity contribution is 5.93. The molecule has 8 nitrogen and oxygen atoms in total. The Bertz CT molecular complexity index is 955. The highest BCUT2D eigenvalue weighted by Gasteiger charge is 2.19. The minimum Gasteiger partial charge on any atom is -0.486 e. The normalized spacial score (nSPS) is 12.6. The van der Waals surface area contributed by atoms with E-state index >= 15 is 0 Å². The first-order valence-corrected chi connectivity index (χ1v) is 8.73. The van der Waals surface area contributed by atoms with Crippen LogP contribution in [-0.4, -0.2) is 45.6 Å². The van der Waals surface area contributed by atoms with Crippen LogP contribution in [0.25, 0.3) is 5.69 Å². The van der Waals surface area contributed by atoms with E-state index in [9.17, 15) is 4.79 Å². The summed E-state index contributed by atoms with van der Waals surface area (Å²) < 4.78 is 12.7. The van der Waals surface area contributed by atoms with Crippen LogP contribution in [-0.2, 0) is 6.42 Å². The molecule has 0 bridgehead atoms. The van der Waals surface area contributed by atoms with Gasteiger partial charge in [0.25, 0.3) is 5.91 Å². The van der Waals surface area contributed by atoms with Crippen LogP contribution in [0.2, 0.25) is 0 Å². The highest BCUT2D eigenvalue weighted by Crippen LogP contribution is 2.32. The minimum absolute atomic E-state index is 0.257. The van der Waals surface area contributed by atoms with Gasteiger partial charge in [-0.3, -0.25) is 9.78 Å². The first-order valence-electron chi connectivity index (χ1n) is 8.73. The lowest BCUT2D eigenvalue weighted by Crippen LogP contribution is -2.27. The van der Waals surface area contributed by atoms with Gasteiger partial charge in [0.15, 0.2) is 17.2 Å². The lowest BCUT2D eigenvalue weighted by atomic mass is 10.2. The highest BCUT2D eigenvalue weighted by atomic mass is 16.6. The van der Waals surface area contributed by atoms with Crippen molar-refractivity contribution in [3.63, 3.8) is 0 Å². The standard InChI is InChI=1S/C19H19N5O3/c1-13-18(19(25)21-9-7-14-4-2-3-8-20-14)22-23-24(13)15-5-6-16-17(12-15)27-11-10-26-16/h2-6,8,12H,7,9-11H2,1H3,(H,21,25). The van der Waals surface area contributed by atoms with E-state index in [0.29, 0.717) is 49.1 Å². The van der Waals surface area contributed by atoms with E-state index in [2.05, 4.69) is 20.6 Å². The fraction of sp³-hybridized carbons (Fsp3) is 0.263. The molecule has 27 heavy (non-hydrogen) atoms. The first kappa shape index (κ1) is 17.0. The zero-order chi connectivity index (χ0) is 18.6. The van der Waals surface area contributed by atoms with Crippen molar-refractivity contribution in [3.8, 4) is 17.2 Å². The maximum atomic E-state index is 12.4. The van der Waals surface area contributed by atoms with E-state index in [1.54, 1.807) is 10.9 Å². The number of hydrogen-bond acceptors (Lipinski definition) is 6. The Morgan fingerprint density at radius 3 is 2.85 bits per heavy atom.